The highest BCUT2D eigenvalue weighted by atomic mass is 31.2. The van der Waals surface area contributed by atoms with E-state index in [2.05, 4.69) is 174 Å². The zero-order valence-corrected chi connectivity index (χ0v) is 66.2. The molecule has 0 heterocycles. The molecular weight excluding hydrogens is 1350 g/mol. The Balaban J connectivity index is 5.50. The van der Waals surface area contributed by atoms with Gasteiger partial charge in [0.2, 0.25) is 0 Å². The van der Waals surface area contributed by atoms with E-state index in [0.717, 1.165) is 141 Å². The molecule has 0 aromatic carbocycles. The van der Waals surface area contributed by atoms with Crippen molar-refractivity contribution in [3.63, 3.8) is 0 Å². The van der Waals surface area contributed by atoms with Gasteiger partial charge >= 0.3 is 39.5 Å². The number of aliphatic hydroxyl groups excluding tert-OH is 1. The third-order valence-electron chi connectivity index (χ3n) is 15.7. The fourth-order valence-electron chi connectivity index (χ4n) is 9.84. The first-order valence-electron chi connectivity index (χ1n) is 39.4. The first kappa shape index (κ1) is 98.4. The van der Waals surface area contributed by atoms with Gasteiger partial charge < -0.3 is 33.8 Å². The second-order valence-electron chi connectivity index (χ2n) is 25.5. The molecule has 0 fully saturated rings. The Labute approximate surface area is 629 Å². The van der Waals surface area contributed by atoms with Gasteiger partial charge in [-0.25, -0.2) is 9.13 Å². The second-order valence-corrected chi connectivity index (χ2v) is 28.4. The van der Waals surface area contributed by atoms with E-state index in [1.54, 1.807) is 12.2 Å². The molecule has 0 rings (SSSR count). The Morgan fingerprint density at radius 1 is 0.288 bits per heavy atom. The molecule has 19 heteroatoms. The normalized spacial score (nSPS) is 14.8. The minimum absolute atomic E-state index is 0.0806. The lowest BCUT2D eigenvalue weighted by Crippen LogP contribution is -2.30. The number of carbonyl (C=O) groups excluding carboxylic acids is 4. The maximum atomic E-state index is 13.1. The lowest BCUT2D eigenvalue weighted by atomic mass is 10.0. The number of unbranched alkanes of at least 4 members (excludes halogenated alkanes) is 19. The van der Waals surface area contributed by atoms with E-state index in [-0.39, 0.29) is 25.7 Å². The van der Waals surface area contributed by atoms with E-state index < -0.39 is 97.5 Å². The zero-order valence-electron chi connectivity index (χ0n) is 64.4. The van der Waals surface area contributed by atoms with Crippen molar-refractivity contribution in [3.05, 3.63) is 170 Å². The summed E-state index contributed by atoms with van der Waals surface area (Å²) in [7, 11) is -10.0. The Bertz CT molecular complexity index is 2640. The highest BCUT2D eigenvalue weighted by Crippen LogP contribution is 2.45. The van der Waals surface area contributed by atoms with Crippen LogP contribution in [0.25, 0.3) is 0 Å². The van der Waals surface area contributed by atoms with Crippen molar-refractivity contribution >= 4 is 39.5 Å². The van der Waals surface area contributed by atoms with Crippen LogP contribution in [0.15, 0.2) is 170 Å². The van der Waals surface area contributed by atoms with Crippen LogP contribution in [0.1, 0.15) is 285 Å². The van der Waals surface area contributed by atoms with Gasteiger partial charge in [-0.05, 0) is 135 Å². The average molecular weight is 1490 g/mol. The molecule has 590 valence electrons. The lowest BCUT2D eigenvalue weighted by Gasteiger charge is -2.21. The molecule has 0 radical (unpaired) electrons. The largest absolute Gasteiger partial charge is 0.472 e. The fraction of sp³-hybridized carbons (Fsp3) is 0.624. The van der Waals surface area contributed by atoms with Crippen molar-refractivity contribution in [1.29, 1.82) is 0 Å². The lowest BCUT2D eigenvalue weighted by molar-refractivity contribution is -0.161. The fourth-order valence-corrected chi connectivity index (χ4v) is 11.4. The zero-order chi connectivity index (χ0) is 76.0. The van der Waals surface area contributed by atoms with Crippen molar-refractivity contribution in [2.75, 3.05) is 39.6 Å². The molecule has 0 aliphatic rings. The van der Waals surface area contributed by atoms with Crippen LogP contribution in [0, 0.1) is 0 Å². The number of esters is 4. The van der Waals surface area contributed by atoms with Gasteiger partial charge in [0.15, 0.2) is 12.2 Å². The maximum absolute atomic E-state index is 13.1. The van der Waals surface area contributed by atoms with Gasteiger partial charge in [-0.2, -0.15) is 0 Å². The van der Waals surface area contributed by atoms with Crippen LogP contribution < -0.4 is 0 Å². The monoisotopic (exact) mass is 1490 g/mol. The number of aliphatic hydroxyl groups is 1. The predicted octanol–water partition coefficient (Wildman–Crippen LogP) is 23.0. The van der Waals surface area contributed by atoms with Gasteiger partial charge in [0.25, 0.3) is 0 Å². The summed E-state index contributed by atoms with van der Waals surface area (Å²) in [6.07, 6.45) is 89.5. The molecule has 0 saturated carbocycles. The van der Waals surface area contributed by atoms with Crippen molar-refractivity contribution in [3.8, 4) is 0 Å². The third kappa shape index (κ3) is 74.7. The number of ether oxygens (including phenoxy) is 4. The molecule has 0 aromatic heterocycles. The minimum Gasteiger partial charge on any atom is -0.462 e. The van der Waals surface area contributed by atoms with E-state index in [4.69, 9.17) is 37.0 Å². The molecule has 3 N–H and O–H groups in total. The smallest absolute Gasteiger partial charge is 0.462 e. The molecule has 0 amide bonds. The van der Waals surface area contributed by atoms with Crippen molar-refractivity contribution in [1.82, 2.24) is 0 Å². The molecule has 0 saturated heterocycles. The van der Waals surface area contributed by atoms with Gasteiger partial charge in [-0.1, -0.05) is 294 Å². The number of allylic oxidation sites excluding steroid dienone is 27. The van der Waals surface area contributed by atoms with Crippen LogP contribution in [0.2, 0.25) is 0 Å². The standard InChI is InChI=1S/C85H138O17P2/c1-5-9-13-17-21-25-29-33-37-38-39-40-44-46-50-54-58-62-66-70-83(88)96-76-81(102-85(90)72-68-64-60-56-52-48-43-36-32-28-24-20-16-12-8-4)78-100-104(93,94)98-74-79(86)73-97-103(91,92)99-77-80(101-84(89)71-67-63-59-55-51-47-42-35-31-27-23-19-15-11-7-3)75-95-82(87)69-65-61-57-53-49-45-41-34-30-26-22-18-14-10-6-2/h9-10,12-14,16,21-22,24-26,28,33-34,36-37,39-41,43,46,49-50,52-53,56,64,68,79-81,86H,5-8,11,15,17-20,23,27,29-32,35,38,42,44-45,47-48,51,54-55,57-63,65-67,69-78H2,1-4H3,(H,91,92)(H,93,94)/b13-9-,14-10-,16-12-,25-21-,26-22-,28-24-,37-33-,40-39-,41-34-,43-36-,50-46-,53-49-,56-52-,68-64-. The number of phosphoric acid groups is 2. The third-order valence-corrected chi connectivity index (χ3v) is 17.6. The number of hydrogen-bond acceptors (Lipinski definition) is 15. The first-order chi connectivity index (χ1) is 50.7. The van der Waals surface area contributed by atoms with Gasteiger partial charge in [0.1, 0.15) is 19.3 Å². The minimum atomic E-state index is -5.02. The Morgan fingerprint density at radius 3 is 0.875 bits per heavy atom. The average Bonchev–Trinajstić information content (AvgIpc) is 0.918. The van der Waals surface area contributed by atoms with Gasteiger partial charge in [-0.3, -0.25) is 37.3 Å². The van der Waals surface area contributed by atoms with Crippen LogP contribution in [0.4, 0.5) is 0 Å². The summed E-state index contributed by atoms with van der Waals surface area (Å²) >= 11 is 0. The molecular formula is C85H138O17P2. The summed E-state index contributed by atoms with van der Waals surface area (Å²) in [4.78, 5) is 72.9. The summed E-state index contributed by atoms with van der Waals surface area (Å²) < 4.78 is 68.4. The number of carbonyl (C=O) groups is 4. The van der Waals surface area contributed by atoms with Crippen LogP contribution in [0.3, 0.4) is 0 Å². The first-order valence-corrected chi connectivity index (χ1v) is 42.4. The van der Waals surface area contributed by atoms with E-state index in [1.165, 1.54) is 64.2 Å². The SMILES string of the molecule is CC/C=C\C/C=C\C/C=C\C/C=C\C/C=C\CCCCCC(=O)OCC(COP(=O)(O)OCC(O)COP(=O)(O)OCC(COC(=O)CCCC/C=C\C/C=C\C/C=C\C/C=C\CC)OC(=O)CCCCCCCCCCCCCCCCC)OC(=O)C/C=C\C/C=C\C/C=C\C/C=C\C/C=C\CC. The van der Waals surface area contributed by atoms with Gasteiger partial charge in [0.05, 0.1) is 32.8 Å². The number of hydrogen-bond donors (Lipinski definition) is 3. The molecule has 0 bridgehead atoms. The maximum Gasteiger partial charge on any atom is 0.472 e. The van der Waals surface area contributed by atoms with Gasteiger partial charge in [0, 0.05) is 19.3 Å². The molecule has 0 aromatic rings. The van der Waals surface area contributed by atoms with E-state index in [1.807, 2.05) is 12.2 Å². The highest BCUT2D eigenvalue weighted by Gasteiger charge is 2.30. The van der Waals surface area contributed by atoms with Gasteiger partial charge in [-0.15, -0.1) is 0 Å². The number of rotatable bonds is 72. The molecule has 0 aliphatic heterocycles. The molecule has 17 nitrogen and oxygen atoms in total. The Morgan fingerprint density at radius 2 is 0.538 bits per heavy atom. The topological polar surface area (TPSA) is 237 Å². The van der Waals surface area contributed by atoms with Crippen LogP contribution >= 0.6 is 15.6 Å². The second kappa shape index (κ2) is 75.6. The van der Waals surface area contributed by atoms with Crippen LogP contribution in [0.5, 0.6) is 0 Å². The van der Waals surface area contributed by atoms with E-state index in [9.17, 15) is 43.2 Å². The molecule has 5 unspecified atom stereocenters. The van der Waals surface area contributed by atoms with E-state index in [0.29, 0.717) is 25.7 Å². The summed E-state index contributed by atoms with van der Waals surface area (Å²) in [5.41, 5.74) is 0. The quantitative estimate of drug-likeness (QED) is 0.0169. The highest BCUT2D eigenvalue weighted by molar-refractivity contribution is 7.47. The van der Waals surface area contributed by atoms with Crippen LogP contribution in [-0.2, 0) is 65.4 Å². The molecule has 5 atom stereocenters. The van der Waals surface area contributed by atoms with Crippen molar-refractivity contribution in [2.24, 2.45) is 0 Å². The summed E-state index contributed by atoms with van der Waals surface area (Å²) in [5.74, 6) is -2.42. The molecule has 0 aliphatic carbocycles. The predicted molar refractivity (Wildman–Crippen MR) is 426 cm³/mol. The number of phosphoric ester groups is 2. The summed E-state index contributed by atoms with van der Waals surface area (Å²) in [5, 5.41) is 10.6. The molecule has 0 spiro atoms. The van der Waals surface area contributed by atoms with E-state index >= 15 is 0 Å². The van der Waals surface area contributed by atoms with Crippen molar-refractivity contribution in [2.45, 2.75) is 303 Å². The Kier molecular flexibility index (Phi) is 71.6. The van der Waals surface area contributed by atoms with Crippen molar-refractivity contribution < 1.29 is 80.2 Å². The summed E-state index contributed by atoms with van der Waals surface area (Å²) in [6, 6.07) is 0. The Hall–Kier alpha value is -5.58. The summed E-state index contributed by atoms with van der Waals surface area (Å²) in [6.45, 7) is 4.32. The molecule has 104 heavy (non-hydrogen) atoms. The van der Waals surface area contributed by atoms with Crippen LogP contribution in [-0.4, -0.2) is 96.7 Å².